The molecule has 3 aliphatic carbocycles. The number of nitrogens with one attached hydrogen (secondary N) is 2. The summed E-state index contributed by atoms with van der Waals surface area (Å²) in [4.78, 5) is 27.6. The van der Waals surface area contributed by atoms with E-state index in [0.29, 0.717) is 23.9 Å². The second-order valence-corrected chi connectivity index (χ2v) is 9.35. The summed E-state index contributed by atoms with van der Waals surface area (Å²) in [6.45, 7) is 2.26. The Morgan fingerprint density at radius 3 is 2.22 bits per heavy atom. The Morgan fingerprint density at radius 1 is 0.889 bits per heavy atom. The van der Waals surface area contributed by atoms with Crippen molar-refractivity contribution >= 4 is 11.8 Å². The first-order chi connectivity index (χ1) is 13.1. The first kappa shape index (κ1) is 19.2. The zero-order chi connectivity index (χ0) is 18.8. The molecule has 152 valence electrons. The lowest BCUT2D eigenvalue weighted by Crippen LogP contribution is -2.57. The van der Waals surface area contributed by atoms with Crippen molar-refractivity contribution in [3.05, 3.63) is 0 Å². The third-order valence-electron chi connectivity index (χ3n) is 7.03. The SMILES string of the molecule is NCC1CCC(CNC(=O)[C@H]2CC(NC3CC3)CCN2C(=O)C2CC2)CC1. The summed E-state index contributed by atoms with van der Waals surface area (Å²) in [5, 5.41) is 6.87. The van der Waals surface area contributed by atoms with Gasteiger partial charge in [-0.25, -0.2) is 0 Å². The summed E-state index contributed by atoms with van der Waals surface area (Å²) in [6, 6.07) is 0.724. The van der Waals surface area contributed by atoms with Gasteiger partial charge < -0.3 is 21.3 Å². The zero-order valence-corrected chi connectivity index (χ0v) is 16.5. The van der Waals surface area contributed by atoms with Crippen LogP contribution in [0.5, 0.6) is 0 Å². The van der Waals surface area contributed by atoms with E-state index in [1.54, 1.807) is 0 Å². The van der Waals surface area contributed by atoms with Crippen molar-refractivity contribution in [1.82, 2.24) is 15.5 Å². The van der Waals surface area contributed by atoms with Crippen molar-refractivity contribution in [2.45, 2.75) is 82.3 Å². The molecule has 1 unspecified atom stereocenters. The highest BCUT2D eigenvalue weighted by atomic mass is 16.2. The maximum Gasteiger partial charge on any atom is 0.242 e. The maximum atomic E-state index is 13.0. The lowest BCUT2D eigenvalue weighted by Gasteiger charge is -2.39. The fourth-order valence-corrected chi connectivity index (χ4v) is 4.81. The zero-order valence-electron chi connectivity index (χ0n) is 16.5. The van der Waals surface area contributed by atoms with E-state index >= 15 is 0 Å². The largest absolute Gasteiger partial charge is 0.354 e. The van der Waals surface area contributed by atoms with Gasteiger partial charge in [-0.2, -0.15) is 0 Å². The molecule has 6 heteroatoms. The summed E-state index contributed by atoms with van der Waals surface area (Å²) < 4.78 is 0. The molecular weight excluding hydrogens is 340 g/mol. The van der Waals surface area contributed by atoms with E-state index in [9.17, 15) is 9.59 Å². The quantitative estimate of drug-likeness (QED) is 0.627. The van der Waals surface area contributed by atoms with Crippen LogP contribution in [0.2, 0.25) is 0 Å². The smallest absolute Gasteiger partial charge is 0.242 e. The number of carbonyl (C=O) groups is 2. The van der Waals surface area contributed by atoms with Gasteiger partial charge in [0.1, 0.15) is 6.04 Å². The minimum atomic E-state index is -0.288. The predicted molar refractivity (Wildman–Crippen MR) is 105 cm³/mol. The number of rotatable bonds is 7. The third-order valence-corrected chi connectivity index (χ3v) is 7.03. The van der Waals surface area contributed by atoms with E-state index < -0.39 is 0 Å². The number of nitrogens with two attached hydrogens (primary N) is 1. The van der Waals surface area contributed by atoms with Crippen LogP contribution in [0.3, 0.4) is 0 Å². The van der Waals surface area contributed by atoms with Crippen LogP contribution in [-0.4, -0.2) is 54.5 Å². The van der Waals surface area contributed by atoms with Gasteiger partial charge in [0.05, 0.1) is 0 Å². The van der Waals surface area contributed by atoms with E-state index in [-0.39, 0.29) is 23.8 Å². The van der Waals surface area contributed by atoms with Crippen LogP contribution in [0.15, 0.2) is 0 Å². The van der Waals surface area contributed by atoms with Crippen LogP contribution >= 0.6 is 0 Å². The number of likely N-dealkylation sites (tertiary alicyclic amines) is 1. The fourth-order valence-electron chi connectivity index (χ4n) is 4.81. The highest BCUT2D eigenvalue weighted by Gasteiger charge is 2.42. The topological polar surface area (TPSA) is 87.5 Å². The van der Waals surface area contributed by atoms with E-state index in [2.05, 4.69) is 10.6 Å². The molecular formula is C21H36N4O2. The van der Waals surface area contributed by atoms with Crippen LogP contribution in [0, 0.1) is 17.8 Å². The van der Waals surface area contributed by atoms with Gasteiger partial charge in [-0.05, 0) is 82.6 Å². The van der Waals surface area contributed by atoms with E-state index in [1.807, 2.05) is 4.90 Å². The molecule has 4 fully saturated rings. The van der Waals surface area contributed by atoms with Crippen molar-refractivity contribution < 1.29 is 9.59 Å². The Morgan fingerprint density at radius 2 is 1.59 bits per heavy atom. The Kier molecular flexibility index (Phi) is 6.02. The van der Waals surface area contributed by atoms with Crippen molar-refractivity contribution in [3.8, 4) is 0 Å². The standard InChI is InChI=1S/C21H36N4O2/c22-12-14-1-3-15(4-2-14)13-23-20(26)19-11-18(24-17-7-8-17)9-10-25(19)21(27)16-5-6-16/h14-19,24H,1-13,22H2,(H,23,26)/t14?,15?,18?,19-/m1/s1. The first-order valence-corrected chi connectivity index (χ1v) is 11.2. The van der Waals surface area contributed by atoms with Gasteiger partial charge in [-0.3, -0.25) is 9.59 Å². The van der Waals surface area contributed by atoms with E-state index in [4.69, 9.17) is 5.73 Å². The monoisotopic (exact) mass is 376 g/mol. The summed E-state index contributed by atoms with van der Waals surface area (Å²) in [5.74, 6) is 1.68. The highest BCUT2D eigenvalue weighted by molar-refractivity contribution is 5.89. The van der Waals surface area contributed by atoms with Gasteiger partial charge in [0.15, 0.2) is 0 Å². The Hall–Kier alpha value is -1.14. The number of piperidine rings is 1. The maximum absolute atomic E-state index is 13.0. The molecule has 3 saturated carbocycles. The van der Waals surface area contributed by atoms with Gasteiger partial charge >= 0.3 is 0 Å². The molecule has 6 nitrogen and oxygen atoms in total. The molecule has 27 heavy (non-hydrogen) atoms. The molecule has 2 atom stereocenters. The highest BCUT2D eigenvalue weighted by Crippen LogP contribution is 2.34. The number of amides is 2. The van der Waals surface area contributed by atoms with Gasteiger partial charge in [0, 0.05) is 31.1 Å². The van der Waals surface area contributed by atoms with Gasteiger partial charge in [-0.1, -0.05) is 0 Å². The summed E-state index contributed by atoms with van der Waals surface area (Å²) in [5.41, 5.74) is 5.78. The Balaban J connectivity index is 1.31. The average Bonchev–Trinajstić information content (AvgIpc) is 3.60. The molecule has 4 N–H and O–H groups in total. The third kappa shape index (κ3) is 5.02. The molecule has 0 radical (unpaired) electrons. The Bertz CT molecular complexity index is 538. The van der Waals surface area contributed by atoms with E-state index in [1.165, 1.54) is 25.7 Å². The number of hydrogen-bond acceptors (Lipinski definition) is 4. The Labute approximate surface area is 163 Å². The molecule has 4 aliphatic rings. The molecule has 0 spiro atoms. The second kappa shape index (κ2) is 8.48. The number of carbonyl (C=O) groups excluding carboxylic acids is 2. The molecule has 4 rings (SSSR count). The van der Waals surface area contributed by atoms with Crippen LogP contribution in [0.25, 0.3) is 0 Å². The number of nitrogens with zero attached hydrogens (tertiary/aromatic N) is 1. The molecule has 0 aromatic heterocycles. The van der Waals surface area contributed by atoms with Gasteiger partial charge in [0.2, 0.25) is 11.8 Å². The first-order valence-electron chi connectivity index (χ1n) is 11.2. The minimum Gasteiger partial charge on any atom is -0.354 e. The van der Waals surface area contributed by atoms with Crippen LogP contribution in [0.1, 0.15) is 64.2 Å². The molecule has 1 heterocycles. The molecule has 1 aliphatic heterocycles. The van der Waals surface area contributed by atoms with Crippen LogP contribution in [0.4, 0.5) is 0 Å². The fraction of sp³-hybridized carbons (Fsp3) is 0.905. The summed E-state index contributed by atoms with van der Waals surface area (Å²) in [6.07, 6.45) is 10.9. The van der Waals surface area contributed by atoms with Gasteiger partial charge in [0.25, 0.3) is 0 Å². The lowest BCUT2D eigenvalue weighted by molar-refractivity contribution is -0.143. The van der Waals surface area contributed by atoms with Crippen molar-refractivity contribution in [2.75, 3.05) is 19.6 Å². The van der Waals surface area contributed by atoms with Gasteiger partial charge in [-0.15, -0.1) is 0 Å². The van der Waals surface area contributed by atoms with Crippen molar-refractivity contribution in [1.29, 1.82) is 0 Å². The minimum absolute atomic E-state index is 0.0623. The van der Waals surface area contributed by atoms with Crippen molar-refractivity contribution in [2.24, 2.45) is 23.5 Å². The molecule has 1 saturated heterocycles. The van der Waals surface area contributed by atoms with Crippen molar-refractivity contribution in [3.63, 3.8) is 0 Å². The molecule has 0 aromatic carbocycles. The summed E-state index contributed by atoms with van der Waals surface area (Å²) >= 11 is 0. The lowest BCUT2D eigenvalue weighted by atomic mass is 9.82. The normalized spacial score (nSPS) is 34.3. The average molecular weight is 377 g/mol. The van der Waals surface area contributed by atoms with Crippen LogP contribution < -0.4 is 16.4 Å². The molecule has 0 aromatic rings. The van der Waals surface area contributed by atoms with E-state index in [0.717, 1.165) is 58.2 Å². The summed E-state index contributed by atoms with van der Waals surface area (Å²) in [7, 11) is 0. The van der Waals surface area contributed by atoms with Crippen LogP contribution in [-0.2, 0) is 9.59 Å². The molecule has 0 bridgehead atoms. The second-order valence-electron chi connectivity index (χ2n) is 9.35. The molecule has 2 amide bonds. The predicted octanol–water partition coefficient (Wildman–Crippen LogP) is 1.39. The number of hydrogen-bond donors (Lipinski definition) is 3.